The van der Waals surface area contributed by atoms with Crippen LogP contribution < -0.4 is 0 Å². The standard InChI is InChI=1S/C15H22O3/c1-8-4-10(17)13-12-9(8)5-11(18)15(12,7-16)6-14(13,2)3/h5,7-8,10-13,17-18H,4,6H2,1-3H3/t8-,10+,11?,12+,13-,15+/m1/s1. The summed E-state index contributed by atoms with van der Waals surface area (Å²) in [5.41, 5.74) is 0.431. The van der Waals surface area contributed by atoms with Crippen LogP contribution in [0.3, 0.4) is 0 Å². The molecule has 0 aromatic rings. The van der Waals surface area contributed by atoms with Crippen LogP contribution in [-0.4, -0.2) is 28.7 Å². The van der Waals surface area contributed by atoms with E-state index in [9.17, 15) is 15.0 Å². The van der Waals surface area contributed by atoms with E-state index in [0.717, 1.165) is 12.7 Å². The van der Waals surface area contributed by atoms with Gasteiger partial charge >= 0.3 is 0 Å². The highest BCUT2D eigenvalue weighted by Crippen LogP contribution is 2.67. The maximum atomic E-state index is 11.7. The van der Waals surface area contributed by atoms with Gasteiger partial charge in [-0.3, -0.25) is 0 Å². The van der Waals surface area contributed by atoms with Crippen molar-refractivity contribution in [3.05, 3.63) is 11.6 Å². The molecule has 2 N–H and O–H groups in total. The summed E-state index contributed by atoms with van der Waals surface area (Å²) >= 11 is 0. The van der Waals surface area contributed by atoms with Gasteiger partial charge in [0.15, 0.2) is 0 Å². The Morgan fingerprint density at radius 1 is 1.39 bits per heavy atom. The Bertz CT molecular complexity index is 425. The molecule has 2 saturated carbocycles. The van der Waals surface area contributed by atoms with Gasteiger partial charge < -0.3 is 15.0 Å². The van der Waals surface area contributed by atoms with Gasteiger partial charge in [-0.15, -0.1) is 0 Å². The minimum absolute atomic E-state index is 0.0405. The Labute approximate surface area is 108 Å². The van der Waals surface area contributed by atoms with Crippen molar-refractivity contribution < 1.29 is 15.0 Å². The Balaban J connectivity index is 2.15. The van der Waals surface area contributed by atoms with Crippen LogP contribution in [0.25, 0.3) is 0 Å². The number of rotatable bonds is 1. The molecule has 18 heavy (non-hydrogen) atoms. The fourth-order valence-electron chi connectivity index (χ4n) is 5.09. The Hall–Kier alpha value is -0.670. The van der Waals surface area contributed by atoms with Gasteiger partial charge in [0.2, 0.25) is 0 Å². The number of aliphatic hydroxyl groups is 2. The molecule has 3 aliphatic rings. The fourth-order valence-corrected chi connectivity index (χ4v) is 5.09. The van der Waals surface area contributed by atoms with Crippen LogP contribution in [0.15, 0.2) is 11.6 Å². The minimum atomic E-state index is -0.681. The van der Waals surface area contributed by atoms with Gasteiger partial charge in [-0.25, -0.2) is 0 Å². The first kappa shape index (κ1) is 12.4. The number of aldehydes is 1. The molecule has 3 nitrogen and oxygen atoms in total. The summed E-state index contributed by atoms with van der Waals surface area (Å²) in [6, 6.07) is 0. The van der Waals surface area contributed by atoms with Crippen molar-refractivity contribution in [3.63, 3.8) is 0 Å². The van der Waals surface area contributed by atoms with Crippen LogP contribution in [0, 0.1) is 28.6 Å². The van der Waals surface area contributed by atoms with Crippen molar-refractivity contribution >= 4 is 6.29 Å². The third-order valence-corrected chi connectivity index (χ3v) is 5.66. The van der Waals surface area contributed by atoms with Crippen LogP contribution in [0.2, 0.25) is 0 Å². The summed E-state index contributed by atoms with van der Waals surface area (Å²) in [6.45, 7) is 6.32. The molecule has 0 spiro atoms. The first-order chi connectivity index (χ1) is 8.33. The quantitative estimate of drug-likeness (QED) is 0.548. The third-order valence-electron chi connectivity index (χ3n) is 5.66. The molecule has 3 rings (SSSR count). The van der Waals surface area contributed by atoms with E-state index < -0.39 is 11.5 Å². The van der Waals surface area contributed by atoms with Gasteiger partial charge in [0.1, 0.15) is 6.29 Å². The van der Waals surface area contributed by atoms with Crippen molar-refractivity contribution in [2.75, 3.05) is 0 Å². The van der Waals surface area contributed by atoms with E-state index in [0.29, 0.717) is 6.42 Å². The first-order valence-electron chi connectivity index (χ1n) is 6.87. The van der Waals surface area contributed by atoms with Gasteiger partial charge in [-0.1, -0.05) is 32.4 Å². The second-order valence-corrected chi connectivity index (χ2v) is 7.21. The molecule has 2 fully saturated rings. The molecule has 3 aliphatic carbocycles. The topological polar surface area (TPSA) is 57.5 Å². The normalized spacial score (nSPS) is 52.9. The van der Waals surface area contributed by atoms with Gasteiger partial charge in [-0.2, -0.15) is 0 Å². The molecule has 1 unspecified atom stereocenters. The maximum absolute atomic E-state index is 11.7. The lowest BCUT2D eigenvalue weighted by atomic mass is 9.64. The summed E-state index contributed by atoms with van der Waals surface area (Å²) < 4.78 is 0. The van der Waals surface area contributed by atoms with Crippen molar-refractivity contribution in [1.29, 1.82) is 0 Å². The zero-order valence-corrected chi connectivity index (χ0v) is 11.3. The Kier molecular flexibility index (Phi) is 2.37. The molecule has 0 aliphatic heterocycles. The first-order valence-corrected chi connectivity index (χ1v) is 6.87. The van der Waals surface area contributed by atoms with E-state index in [1.165, 1.54) is 5.57 Å². The average molecular weight is 250 g/mol. The smallest absolute Gasteiger partial charge is 0.129 e. The average Bonchev–Trinajstić information content (AvgIpc) is 2.67. The predicted molar refractivity (Wildman–Crippen MR) is 67.8 cm³/mol. The molecule has 0 aromatic heterocycles. The molecule has 0 aromatic carbocycles. The summed E-state index contributed by atoms with van der Waals surface area (Å²) in [4.78, 5) is 11.7. The highest BCUT2D eigenvalue weighted by molar-refractivity contribution is 5.67. The van der Waals surface area contributed by atoms with E-state index in [4.69, 9.17) is 0 Å². The van der Waals surface area contributed by atoms with Gasteiger partial charge in [-0.05, 0) is 30.1 Å². The molecule has 0 amide bonds. The van der Waals surface area contributed by atoms with Crippen molar-refractivity contribution in [2.45, 2.75) is 45.8 Å². The molecule has 100 valence electrons. The van der Waals surface area contributed by atoms with E-state index in [1.807, 2.05) is 6.08 Å². The lowest BCUT2D eigenvalue weighted by Gasteiger charge is -2.42. The van der Waals surface area contributed by atoms with Crippen LogP contribution in [0.5, 0.6) is 0 Å². The fraction of sp³-hybridized carbons (Fsp3) is 0.800. The number of carbonyl (C=O) groups is 1. The Morgan fingerprint density at radius 3 is 2.67 bits per heavy atom. The SMILES string of the molecule is C[C@@H]1C[C@H](O)[C@@H]2[C@@H]3C1=CC(O)[C@@]3(C=O)CC2(C)C. The second kappa shape index (κ2) is 3.45. The highest BCUT2D eigenvalue weighted by Gasteiger charge is 2.66. The van der Waals surface area contributed by atoms with Crippen LogP contribution >= 0.6 is 0 Å². The minimum Gasteiger partial charge on any atom is -0.393 e. The zero-order chi connectivity index (χ0) is 13.3. The van der Waals surface area contributed by atoms with Gasteiger partial charge in [0.25, 0.3) is 0 Å². The van der Waals surface area contributed by atoms with Crippen LogP contribution in [0.1, 0.15) is 33.6 Å². The molecule has 0 bridgehead atoms. The van der Waals surface area contributed by atoms with Crippen LogP contribution in [-0.2, 0) is 4.79 Å². The molecular weight excluding hydrogens is 228 g/mol. The van der Waals surface area contributed by atoms with Gasteiger partial charge in [0.05, 0.1) is 17.6 Å². The Morgan fingerprint density at radius 2 is 2.06 bits per heavy atom. The van der Waals surface area contributed by atoms with Crippen LogP contribution in [0.4, 0.5) is 0 Å². The lowest BCUT2D eigenvalue weighted by Crippen LogP contribution is -2.43. The largest absolute Gasteiger partial charge is 0.393 e. The molecule has 6 atom stereocenters. The summed E-state index contributed by atoms with van der Waals surface area (Å²) in [6.07, 6.45) is 3.23. The maximum Gasteiger partial charge on any atom is 0.129 e. The molecule has 0 radical (unpaired) electrons. The van der Waals surface area contributed by atoms with Gasteiger partial charge in [0, 0.05) is 5.92 Å². The number of hydrogen-bond acceptors (Lipinski definition) is 3. The van der Waals surface area contributed by atoms with E-state index in [2.05, 4.69) is 20.8 Å². The highest BCUT2D eigenvalue weighted by atomic mass is 16.3. The predicted octanol–water partition coefficient (Wildman–Crippen LogP) is 1.54. The van der Waals surface area contributed by atoms with E-state index in [-0.39, 0.29) is 29.3 Å². The molecular formula is C15H22O3. The van der Waals surface area contributed by atoms with Crippen molar-refractivity contribution in [2.24, 2.45) is 28.6 Å². The molecule has 3 heteroatoms. The lowest BCUT2D eigenvalue weighted by molar-refractivity contribution is -0.123. The molecule has 0 saturated heterocycles. The van der Waals surface area contributed by atoms with Crippen molar-refractivity contribution in [3.8, 4) is 0 Å². The number of hydrogen-bond donors (Lipinski definition) is 2. The monoisotopic (exact) mass is 250 g/mol. The number of aliphatic hydroxyl groups excluding tert-OH is 2. The van der Waals surface area contributed by atoms with Crippen molar-refractivity contribution in [1.82, 2.24) is 0 Å². The van der Waals surface area contributed by atoms with E-state index >= 15 is 0 Å². The summed E-state index contributed by atoms with van der Waals surface area (Å²) in [7, 11) is 0. The second-order valence-electron chi connectivity index (χ2n) is 7.21. The van der Waals surface area contributed by atoms with E-state index in [1.54, 1.807) is 0 Å². The summed E-state index contributed by atoms with van der Waals surface area (Å²) in [5, 5.41) is 20.8. The summed E-state index contributed by atoms with van der Waals surface area (Å²) in [5.74, 6) is 0.410. The third kappa shape index (κ3) is 1.24. The zero-order valence-electron chi connectivity index (χ0n) is 11.3. The number of carbonyl (C=O) groups excluding carboxylic acids is 1. The number of allylic oxidation sites excluding steroid dienone is 1. The molecule has 0 heterocycles.